The molecule has 0 radical (unpaired) electrons. The minimum atomic E-state index is -0.604. The lowest BCUT2D eigenvalue weighted by Crippen LogP contribution is -2.35. The van der Waals surface area contributed by atoms with Gasteiger partial charge in [0.25, 0.3) is 5.91 Å². The Kier molecular flexibility index (Phi) is 4.23. The molecule has 102 valence electrons. The fourth-order valence-corrected chi connectivity index (χ4v) is 3.10. The molecule has 1 aliphatic heterocycles. The maximum atomic E-state index is 12.1. The lowest BCUT2D eigenvalue weighted by atomic mass is 10.1. The average Bonchev–Trinajstić information content (AvgIpc) is 2.90. The number of hydrogen-bond donors (Lipinski definition) is 3. The van der Waals surface area contributed by atoms with E-state index in [0.717, 1.165) is 17.9 Å². The lowest BCUT2D eigenvalue weighted by molar-refractivity contribution is -0.384. The Morgan fingerprint density at radius 1 is 1.53 bits per heavy atom. The Labute approximate surface area is 114 Å². The number of anilines is 1. The van der Waals surface area contributed by atoms with Gasteiger partial charge in [0, 0.05) is 11.8 Å². The van der Waals surface area contributed by atoms with Gasteiger partial charge in [-0.25, -0.2) is 0 Å². The molecule has 8 heteroatoms. The van der Waals surface area contributed by atoms with Crippen LogP contribution in [0.25, 0.3) is 0 Å². The van der Waals surface area contributed by atoms with Gasteiger partial charge >= 0.3 is 5.69 Å². The highest BCUT2D eigenvalue weighted by molar-refractivity contribution is 7.99. The van der Waals surface area contributed by atoms with Crippen LogP contribution in [0.3, 0.4) is 0 Å². The normalized spacial score (nSPS) is 18.1. The van der Waals surface area contributed by atoms with E-state index in [0.29, 0.717) is 0 Å². The van der Waals surface area contributed by atoms with Gasteiger partial charge in [0.2, 0.25) is 0 Å². The summed E-state index contributed by atoms with van der Waals surface area (Å²) in [6.07, 6.45) is 0.888. The van der Waals surface area contributed by atoms with Crippen LogP contribution < -0.4 is 16.6 Å². The Morgan fingerprint density at radius 2 is 2.32 bits per heavy atom. The highest BCUT2D eigenvalue weighted by atomic mass is 32.2. The Balaban J connectivity index is 2.27. The molecule has 1 aromatic rings. The van der Waals surface area contributed by atoms with E-state index in [1.807, 2.05) is 0 Å². The molecule has 2 rings (SSSR count). The van der Waals surface area contributed by atoms with E-state index in [1.165, 1.54) is 12.1 Å². The van der Waals surface area contributed by atoms with Crippen molar-refractivity contribution in [3.8, 4) is 0 Å². The minimum Gasteiger partial charge on any atom is -0.348 e. The molecule has 0 aromatic heterocycles. The fourth-order valence-electron chi connectivity index (χ4n) is 1.95. The SMILES string of the molecule is NNc1cccc(C(=O)NC2CCSC2)c1[N+](=O)[O-]. The fraction of sp³-hybridized carbons (Fsp3) is 0.364. The number of carbonyl (C=O) groups excluding carboxylic acids is 1. The predicted molar refractivity (Wildman–Crippen MR) is 74.1 cm³/mol. The van der Waals surface area contributed by atoms with Crippen molar-refractivity contribution in [2.75, 3.05) is 16.9 Å². The molecule has 1 aliphatic rings. The van der Waals surface area contributed by atoms with Crippen molar-refractivity contribution >= 4 is 29.0 Å². The molecule has 1 fully saturated rings. The molecule has 1 aromatic carbocycles. The summed E-state index contributed by atoms with van der Waals surface area (Å²) in [6.45, 7) is 0. The van der Waals surface area contributed by atoms with Gasteiger partial charge in [0.1, 0.15) is 11.3 Å². The van der Waals surface area contributed by atoms with Crippen LogP contribution in [0, 0.1) is 10.1 Å². The summed E-state index contributed by atoms with van der Waals surface area (Å²) in [6, 6.07) is 4.52. The van der Waals surface area contributed by atoms with Gasteiger partial charge in [-0.3, -0.25) is 20.8 Å². The van der Waals surface area contributed by atoms with E-state index >= 15 is 0 Å². The quantitative estimate of drug-likeness (QED) is 0.433. The number of amides is 1. The molecule has 0 saturated carbocycles. The van der Waals surface area contributed by atoms with Crippen molar-refractivity contribution in [1.82, 2.24) is 5.32 Å². The number of nitro benzene ring substituents is 1. The molecular weight excluding hydrogens is 268 g/mol. The third-order valence-electron chi connectivity index (χ3n) is 2.88. The van der Waals surface area contributed by atoms with E-state index in [9.17, 15) is 14.9 Å². The summed E-state index contributed by atoms with van der Waals surface area (Å²) in [5, 5.41) is 13.9. The zero-order chi connectivity index (χ0) is 13.8. The topological polar surface area (TPSA) is 110 Å². The van der Waals surface area contributed by atoms with Gasteiger partial charge in [0.05, 0.1) is 4.92 Å². The Hall–Kier alpha value is -1.80. The molecule has 19 heavy (non-hydrogen) atoms. The van der Waals surface area contributed by atoms with E-state index in [2.05, 4.69) is 10.7 Å². The number of hydrogen-bond acceptors (Lipinski definition) is 6. The monoisotopic (exact) mass is 282 g/mol. The first-order chi connectivity index (χ1) is 9.13. The first-order valence-electron chi connectivity index (χ1n) is 5.76. The molecule has 0 aliphatic carbocycles. The first-order valence-corrected chi connectivity index (χ1v) is 6.91. The number of benzene rings is 1. The number of nitrogens with one attached hydrogen (secondary N) is 2. The summed E-state index contributed by atoms with van der Waals surface area (Å²) in [5.74, 6) is 6.64. The van der Waals surface area contributed by atoms with Gasteiger partial charge in [0.15, 0.2) is 0 Å². The maximum Gasteiger partial charge on any atom is 0.306 e. The van der Waals surface area contributed by atoms with Crippen LogP contribution in [0.4, 0.5) is 11.4 Å². The van der Waals surface area contributed by atoms with Gasteiger partial charge in [-0.05, 0) is 24.3 Å². The average molecular weight is 282 g/mol. The molecule has 0 bridgehead atoms. The van der Waals surface area contributed by atoms with E-state index in [1.54, 1.807) is 17.8 Å². The van der Waals surface area contributed by atoms with Gasteiger partial charge in [-0.1, -0.05) is 6.07 Å². The molecule has 1 heterocycles. The predicted octanol–water partition coefficient (Wildman–Crippen LogP) is 1.12. The third kappa shape index (κ3) is 2.96. The van der Waals surface area contributed by atoms with Gasteiger partial charge in [-0.15, -0.1) is 0 Å². The second-order valence-electron chi connectivity index (χ2n) is 4.14. The van der Waals surface area contributed by atoms with Crippen molar-refractivity contribution < 1.29 is 9.72 Å². The van der Waals surface area contributed by atoms with Crippen molar-refractivity contribution in [2.45, 2.75) is 12.5 Å². The first kappa shape index (κ1) is 13.6. The number of para-hydroxylation sites is 1. The van der Waals surface area contributed by atoms with Crippen LogP contribution in [-0.4, -0.2) is 28.4 Å². The van der Waals surface area contributed by atoms with Crippen LogP contribution in [0.2, 0.25) is 0 Å². The summed E-state index contributed by atoms with van der Waals surface area (Å²) < 4.78 is 0. The number of hydrazine groups is 1. The zero-order valence-electron chi connectivity index (χ0n) is 10.1. The van der Waals surface area contributed by atoms with E-state index < -0.39 is 10.8 Å². The second kappa shape index (κ2) is 5.89. The van der Waals surface area contributed by atoms with Crippen LogP contribution in [0.5, 0.6) is 0 Å². The van der Waals surface area contributed by atoms with Gasteiger partial charge in [-0.2, -0.15) is 11.8 Å². The van der Waals surface area contributed by atoms with Crippen LogP contribution >= 0.6 is 11.8 Å². The second-order valence-corrected chi connectivity index (χ2v) is 5.29. The largest absolute Gasteiger partial charge is 0.348 e. The number of nitrogen functional groups attached to an aromatic ring is 1. The number of rotatable bonds is 4. The molecule has 1 amide bonds. The molecular formula is C11H14N4O3S. The van der Waals surface area contributed by atoms with Crippen molar-refractivity contribution in [3.63, 3.8) is 0 Å². The number of nitro groups is 1. The Morgan fingerprint density at radius 3 is 2.89 bits per heavy atom. The molecule has 1 unspecified atom stereocenters. The number of nitrogens with two attached hydrogens (primary N) is 1. The van der Waals surface area contributed by atoms with Crippen molar-refractivity contribution in [2.24, 2.45) is 5.84 Å². The van der Waals surface area contributed by atoms with Crippen LogP contribution in [0.1, 0.15) is 16.8 Å². The van der Waals surface area contributed by atoms with Crippen molar-refractivity contribution in [1.29, 1.82) is 0 Å². The summed E-state index contributed by atoms with van der Waals surface area (Å²) in [7, 11) is 0. The Bertz CT molecular complexity index is 503. The molecule has 7 nitrogen and oxygen atoms in total. The standard InChI is InChI=1S/C11H14N4O3S/c12-14-9-3-1-2-8(10(9)15(17)18)11(16)13-7-4-5-19-6-7/h1-3,7,14H,4-6,12H2,(H,13,16). The maximum absolute atomic E-state index is 12.1. The molecule has 4 N–H and O–H groups in total. The van der Waals surface area contributed by atoms with Gasteiger partial charge < -0.3 is 10.7 Å². The van der Waals surface area contributed by atoms with E-state index in [-0.39, 0.29) is 23.0 Å². The zero-order valence-corrected chi connectivity index (χ0v) is 10.9. The lowest BCUT2D eigenvalue weighted by Gasteiger charge is -2.12. The highest BCUT2D eigenvalue weighted by Gasteiger charge is 2.26. The molecule has 1 saturated heterocycles. The highest BCUT2D eigenvalue weighted by Crippen LogP contribution is 2.28. The van der Waals surface area contributed by atoms with Crippen molar-refractivity contribution in [3.05, 3.63) is 33.9 Å². The molecule has 0 spiro atoms. The van der Waals surface area contributed by atoms with Crippen LogP contribution in [-0.2, 0) is 0 Å². The summed E-state index contributed by atoms with van der Waals surface area (Å²) >= 11 is 1.76. The van der Waals surface area contributed by atoms with E-state index in [4.69, 9.17) is 5.84 Å². The summed E-state index contributed by atoms with van der Waals surface area (Å²) in [4.78, 5) is 22.6. The molecule has 1 atom stereocenters. The number of carbonyl (C=O) groups is 1. The third-order valence-corrected chi connectivity index (χ3v) is 4.05. The summed E-state index contributed by atoms with van der Waals surface area (Å²) in [5.41, 5.74) is 2.09. The number of nitrogens with zero attached hydrogens (tertiary/aromatic N) is 1. The smallest absolute Gasteiger partial charge is 0.306 e. The number of thioether (sulfide) groups is 1. The van der Waals surface area contributed by atoms with Crippen LogP contribution in [0.15, 0.2) is 18.2 Å². The minimum absolute atomic E-state index is 0.0253.